The Morgan fingerprint density at radius 3 is 2.67 bits per heavy atom. The number of aromatic nitrogens is 2. The van der Waals surface area contributed by atoms with Gasteiger partial charge in [-0.15, -0.1) is 0 Å². The number of fused-ring (bicyclic) bond motifs is 1. The average Bonchev–Trinajstić information content (AvgIpc) is 2.65. The highest BCUT2D eigenvalue weighted by Crippen LogP contribution is 2.19. The van der Waals surface area contributed by atoms with E-state index >= 15 is 0 Å². The number of hydrogen-bond acceptors (Lipinski definition) is 3. The monoisotopic (exact) mass is 291 g/mol. The Labute approximate surface area is 122 Å². The summed E-state index contributed by atoms with van der Waals surface area (Å²) in [5.41, 5.74) is 0.586. The van der Waals surface area contributed by atoms with Crippen molar-refractivity contribution >= 4 is 11.6 Å². The van der Waals surface area contributed by atoms with Crippen molar-refractivity contribution in [2.24, 2.45) is 0 Å². The van der Waals surface area contributed by atoms with E-state index in [-0.39, 0.29) is 11.3 Å². The Hall–Kier alpha value is -1.95. The predicted octanol–water partition coefficient (Wildman–Crippen LogP) is 2.55. The summed E-state index contributed by atoms with van der Waals surface area (Å²) in [4.78, 5) is 17.6. The standard InChI is InChI=1S/C15H18FN3O2/c16-11-6-5-9-19-12(13(15(20)21)17-14(11)19)10-18-7-3-1-2-4-8-18/h5-6,9H,1-4,7-8,10H2,(H,20,21). The minimum atomic E-state index is -1.11. The second kappa shape index (κ2) is 5.81. The summed E-state index contributed by atoms with van der Waals surface area (Å²) < 4.78 is 15.4. The van der Waals surface area contributed by atoms with E-state index in [2.05, 4.69) is 9.88 Å². The van der Waals surface area contributed by atoms with Crippen LogP contribution >= 0.6 is 0 Å². The highest BCUT2D eigenvalue weighted by atomic mass is 19.1. The van der Waals surface area contributed by atoms with Gasteiger partial charge in [-0.05, 0) is 38.1 Å². The molecule has 0 amide bonds. The largest absolute Gasteiger partial charge is 0.476 e. The summed E-state index contributed by atoms with van der Waals surface area (Å²) in [5.74, 6) is -1.61. The number of halogens is 1. The molecule has 0 bridgehead atoms. The number of carboxylic acid groups (broad SMARTS) is 1. The third kappa shape index (κ3) is 2.76. The summed E-state index contributed by atoms with van der Waals surface area (Å²) in [6, 6.07) is 2.87. The third-order valence-electron chi connectivity index (χ3n) is 3.98. The van der Waals surface area contributed by atoms with E-state index in [1.165, 1.54) is 18.9 Å². The van der Waals surface area contributed by atoms with Crippen LogP contribution in [0.5, 0.6) is 0 Å². The Bertz CT molecular complexity index is 660. The van der Waals surface area contributed by atoms with Crippen LogP contribution < -0.4 is 0 Å². The second-order valence-electron chi connectivity index (χ2n) is 5.45. The van der Waals surface area contributed by atoms with Crippen LogP contribution in [0.25, 0.3) is 5.65 Å². The molecule has 0 aromatic carbocycles. The molecule has 6 heteroatoms. The first-order valence-corrected chi connectivity index (χ1v) is 7.28. The van der Waals surface area contributed by atoms with Crippen molar-refractivity contribution in [3.63, 3.8) is 0 Å². The fourth-order valence-corrected chi connectivity index (χ4v) is 2.91. The van der Waals surface area contributed by atoms with Crippen LogP contribution in [0.4, 0.5) is 4.39 Å². The molecule has 1 aliphatic rings. The second-order valence-corrected chi connectivity index (χ2v) is 5.45. The number of carboxylic acids is 1. The molecule has 0 aliphatic carbocycles. The van der Waals surface area contributed by atoms with Crippen LogP contribution in [0.2, 0.25) is 0 Å². The van der Waals surface area contributed by atoms with Crippen molar-refractivity contribution in [3.05, 3.63) is 35.5 Å². The Morgan fingerprint density at radius 2 is 2.00 bits per heavy atom. The van der Waals surface area contributed by atoms with E-state index in [1.54, 1.807) is 16.7 Å². The lowest BCUT2D eigenvalue weighted by Gasteiger charge is -2.19. The lowest BCUT2D eigenvalue weighted by atomic mass is 10.2. The Morgan fingerprint density at radius 1 is 1.29 bits per heavy atom. The van der Waals surface area contributed by atoms with Crippen LogP contribution in [0.1, 0.15) is 41.9 Å². The number of likely N-dealkylation sites (tertiary alicyclic amines) is 1. The van der Waals surface area contributed by atoms with E-state index < -0.39 is 11.8 Å². The summed E-state index contributed by atoms with van der Waals surface area (Å²) in [6.45, 7) is 2.38. The summed E-state index contributed by atoms with van der Waals surface area (Å²) in [5, 5.41) is 9.33. The van der Waals surface area contributed by atoms with Crippen LogP contribution in [0, 0.1) is 5.82 Å². The first-order chi connectivity index (χ1) is 10.2. The molecule has 0 unspecified atom stereocenters. The zero-order valence-electron chi connectivity index (χ0n) is 11.8. The lowest BCUT2D eigenvalue weighted by molar-refractivity contribution is 0.0688. The van der Waals surface area contributed by atoms with Crippen LogP contribution in [0.15, 0.2) is 18.3 Å². The first-order valence-electron chi connectivity index (χ1n) is 7.28. The fraction of sp³-hybridized carbons (Fsp3) is 0.467. The normalized spacial score (nSPS) is 17.0. The maximum Gasteiger partial charge on any atom is 0.356 e. The third-order valence-corrected chi connectivity index (χ3v) is 3.98. The van der Waals surface area contributed by atoms with Gasteiger partial charge in [0.15, 0.2) is 17.2 Å². The number of carbonyl (C=O) groups is 1. The molecule has 0 spiro atoms. The van der Waals surface area contributed by atoms with Gasteiger partial charge in [0, 0.05) is 12.7 Å². The fourth-order valence-electron chi connectivity index (χ4n) is 2.91. The van der Waals surface area contributed by atoms with Gasteiger partial charge in [-0.1, -0.05) is 12.8 Å². The SMILES string of the molecule is O=C(O)c1nc2c(F)cccn2c1CN1CCCCCC1. The molecule has 0 atom stereocenters. The molecule has 112 valence electrons. The molecular weight excluding hydrogens is 273 g/mol. The molecule has 21 heavy (non-hydrogen) atoms. The molecule has 3 heterocycles. The van der Waals surface area contributed by atoms with Gasteiger partial charge >= 0.3 is 5.97 Å². The number of rotatable bonds is 3. The maximum atomic E-state index is 13.8. The van der Waals surface area contributed by atoms with E-state index in [0.29, 0.717) is 12.2 Å². The van der Waals surface area contributed by atoms with Gasteiger partial charge in [-0.25, -0.2) is 14.2 Å². The topological polar surface area (TPSA) is 57.8 Å². The highest BCUT2D eigenvalue weighted by molar-refractivity contribution is 5.88. The quantitative estimate of drug-likeness (QED) is 0.944. The van der Waals surface area contributed by atoms with Crippen molar-refractivity contribution in [2.45, 2.75) is 32.2 Å². The van der Waals surface area contributed by atoms with Gasteiger partial charge in [-0.2, -0.15) is 0 Å². The summed E-state index contributed by atoms with van der Waals surface area (Å²) in [6.07, 6.45) is 6.33. The van der Waals surface area contributed by atoms with Gasteiger partial charge in [0.25, 0.3) is 0 Å². The van der Waals surface area contributed by atoms with Crippen LogP contribution in [0.3, 0.4) is 0 Å². The summed E-state index contributed by atoms with van der Waals surface area (Å²) in [7, 11) is 0. The maximum absolute atomic E-state index is 13.8. The Balaban J connectivity index is 2.00. The molecule has 1 fully saturated rings. The van der Waals surface area contributed by atoms with Crippen molar-refractivity contribution < 1.29 is 14.3 Å². The number of pyridine rings is 1. The molecule has 3 rings (SSSR count). The highest BCUT2D eigenvalue weighted by Gasteiger charge is 2.22. The zero-order valence-corrected chi connectivity index (χ0v) is 11.8. The van der Waals surface area contributed by atoms with Gasteiger partial charge < -0.3 is 5.11 Å². The van der Waals surface area contributed by atoms with Crippen LogP contribution in [-0.2, 0) is 6.54 Å². The van der Waals surface area contributed by atoms with E-state index in [1.807, 2.05) is 0 Å². The number of imidazole rings is 1. The molecule has 5 nitrogen and oxygen atoms in total. The van der Waals surface area contributed by atoms with Gasteiger partial charge in [-0.3, -0.25) is 9.30 Å². The zero-order chi connectivity index (χ0) is 14.8. The molecular formula is C15H18FN3O2. The first kappa shape index (κ1) is 14.0. The minimum Gasteiger partial charge on any atom is -0.476 e. The van der Waals surface area contributed by atoms with E-state index in [9.17, 15) is 14.3 Å². The molecule has 1 aliphatic heterocycles. The number of nitrogens with zero attached hydrogens (tertiary/aromatic N) is 3. The van der Waals surface area contributed by atoms with Gasteiger partial charge in [0.1, 0.15) is 0 Å². The molecule has 1 N–H and O–H groups in total. The molecule has 1 saturated heterocycles. The van der Waals surface area contributed by atoms with Crippen molar-refractivity contribution in [1.82, 2.24) is 14.3 Å². The predicted molar refractivity (Wildman–Crippen MR) is 75.9 cm³/mol. The molecule has 2 aromatic rings. The number of hydrogen-bond donors (Lipinski definition) is 1. The van der Waals surface area contributed by atoms with Crippen LogP contribution in [-0.4, -0.2) is 38.4 Å². The smallest absolute Gasteiger partial charge is 0.356 e. The molecule has 0 radical (unpaired) electrons. The molecule has 2 aromatic heterocycles. The average molecular weight is 291 g/mol. The lowest BCUT2D eigenvalue weighted by Crippen LogP contribution is -2.25. The Kier molecular flexibility index (Phi) is 3.88. The van der Waals surface area contributed by atoms with E-state index in [4.69, 9.17) is 0 Å². The number of aromatic carboxylic acids is 1. The van der Waals surface area contributed by atoms with E-state index in [0.717, 1.165) is 25.9 Å². The van der Waals surface area contributed by atoms with Gasteiger partial charge in [0.2, 0.25) is 0 Å². The summed E-state index contributed by atoms with van der Waals surface area (Å²) >= 11 is 0. The van der Waals surface area contributed by atoms with Gasteiger partial charge in [0.05, 0.1) is 5.69 Å². The van der Waals surface area contributed by atoms with Crippen molar-refractivity contribution in [3.8, 4) is 0 Å². The van der Waals surface area contributed by atoms with Crippen molar-refractivity contribution in [1.29, 1.82) is 0 Å². The molecule has 0 saturated carbocycles. The minimum absolute atomic E-state index is 0.0515. The van der Waals surface area contributed by atoms with Crippen molar-refractivity contribution in [2.75, 3.05) is 13.1 Å².